The first-order valence-corrected chi connectivity index (χ1v) is 11.7. The Morgan fingerprint density at radius 3 is 2.36 bits per heavy atom. The van der Waals surface area contributed by atoms with Crippen molar-refractivity contribution in [2.75, 3.05) is 19.8 Å². The topological polar surface area (TPSA) is 68.1 Å². The highest BCUT2D eigenvalue weighted by molar-refractivity contribution is 6.24. The molecule has 5 nitrogen and oxygen atoms in total. The van der Waals surface area contributed by atoms with E-state index in [9.17, 15) is 9.90 Å². The summed E-state index contributed by atoms with van der Waals surface area (Å²) in [6.45, 7) is 9.64. The summed E-state index contributed by atoms with van der Waals surface area (Å²) in [5, 5.41) is 11.1. The van der Waals surface area contributed by atoms with Crippen LogP contribution in [-0.4, -0.2) is 36.4 Å². The Bertz CT molecular complexity index is 1020. The number of ketones is 1. The summed E-state index contributed by atoms with van der Waals surface area (Å²) in [7, 11) is 0. The lowest BCUT2D eigenvalue weighted by molar-refractivity contribution is -0.117. The highest BCUT2D eigenvalue weighted by atomic mass is 16.5. The van der Waals surface area contributed by atoms with Crippen molar-refractivity contribution in [1.29, 1.82) is 0 Å². The van der Waals surface area contributed by atoms with Gasteiger partial charge >= 0.3 is 0 Å². The Kier molecular flexibility index (Phi) is 8.32. The molecule has 0 bridgehead atoms. The van der Waals surface area contributed by atoms with Crippen LogP contribution in [0.15, 0.2) is 64.9 Å². The molecule has 0 saturated heterocycles. The number of ether oxygens (including phenoxy) is 2. The standard InChI is InChI=1S/C28H35NO4/c1-5-32-25-13-12-21(17-26(25)33-6-2)16-23(30)27-22(18-28(3,4)19-24(27)31)29-15-14-20-10-8-7-9-11-20/h7-13,17,30H,5-6,14-16,18-19H2,1-4H3. The van der Waals surface area contributed by atoms with Crippen LogP contribution in [0.3, 0.4) is 0 Å². The minimum Gasteiger partial charge on any atom is -0.511 e. The Labute approximate surface area is 197 Å². The molecule has 1 aliphatic carbocycles. The molecule has 1 N–H and O–H groups in total. The molecule has 1 aliphatic rings. The molecule has 0 atom stereocenters. The SMILES string of the molecule is CCOc1ccc(CC(O)=C2C(=O)CC(C)(C)CC2=NCCc2ccccc2)cc1OCC. The number of hydrogen-bond acceptors (Lipinski definition) is 5. The lowest BCUT2D eigenvalue weighted by atomic mass is 9.73. The van der Waals surface area contributed by atoms with Crippen LogP contribution >= 0.6 is 0 Å². The van der Waals surface area contributed by atoms with E-state index in [1.54, 1.807) is 0 Å². The van der Waals surface area contributed by atoms with Gasteiger partial charge in [-0.2, -0.15) is 0 Å². The third-order valence-electron chi connectivity index (χ3n) is 5.67. The van der Waals surface area contributed by atoms with Gasteiger partial charge in [0.15, 0.2) is 17.3 Å². The van der Waals surface area contributed by atoms with Crippen molar-refractivity contribution in [2.24, 2.45) is 10.4 Å². The van der Waals surface area contributed by atoms with Crippen LogP contribution in [0.25, 0.3) is 0 Å². The van der Waals surface area contributed by atoms with Gasteiger partial charge in [-0.15, -0.1) is 0 Å². The molecule has 0 unspecified atom stereocenters. The van der Waals surface area contributed by atoms with Crippen molar-refractivity contribution >= 4 is 11.5 Å². The van der Waals surface area contributed by atoms with E-state index < -0.39 is 0 Å². The van der Waals surface area contributed by atoms with Crippen molar-refractivity contribution in [3.8, 4) is 11.5 Å². The summed E-state index contributed by atoms with van der Waals surface area (Å²) >= 11 is 0. The molecular formula is C28H35NO4. The minimum absolute atomic E-state index is 0.0434. The van der Waals surface area contributed by atoms with Gasteiger partial charge < -0.3 is 14.6 Å². The fourth-order valence-corrected chi connectivity index (χ4v) is 4.20. The van der Waals surface area contributed by atoms with E-state index in [4.69, 9.17) is 14.5 Å². The molecule has 0 spiro atoms. The third kappa shape index (κ3) is 6.70. The zero-order valence-electron chi connectivity index (χ0n) is 20.2. The average molecular weight is 450 g/mol. The van der Waals surface area contributed by atoms with Crippen LogP contribution in [0.2, 0.25) is 0 Å². The number of aliphatic imine (C=N–C) groups is 1. The number of carbonyl (C=O) groups excluding carboxylic acids is 1. The number of rotatable bonds is 9. The van der Waals surface area contributed by atoms with Crippen LogP contribution in [0.5, 0.6) is 11.5 Å². The monoisotopic (exact) mass is 449 g/mol. The first kappa shape index (κ1) is 24.6. The van der Waals surface area contributed by atoms with Crippen LogP contribution in [0.4, 0.5) is 0 Å². The number of Topliss-reactive ketones (excluding diaryl/α,β-unsaturated/α-hetero) is 1. The molecule has 0 heterocycles. The lowest BCUT2D eigenvalue weighted by Gasteiger charge is -2.31. The van der Waals surface area contributed by atoms with Crippen molar-refractivity contribution in [2.45, 2.75) is 53.4 Å². The highest BCUT2D eigenvalue weighted by Crippen LogP contribution is 2.36. The number of carbonyl (C=O) groups is 1. The summed E-state index contributed by atoms with van der Waals surface area (Å²) in [5.41, 5.74) is 2.98. The Balaban J connectivity index is 1.87. The van der Waals surface area contributed by atoms with Gasteiger partial charge in [0.2, 0.25) is 0 Å². The number of aliphatic hydroxyl groups excluding tert-OH is 1. The fraction of sp³-hybridized carbons (Fsp3) is 0.429. The Hall–Kier alpha value is -3.08. The van der Waals surface area contributed by atoms with Gasteiger partial charge in [0.05, 0.1) is 18.8 Å². The Morgan fingerprint density at radius 1 is 0.970 bits per heavy atom. The summed E-state index contributed by atoms with van der Waals surface area (Å²) in [4.78, 5) is 17.8. The van der Waals surface area contributed by atoms with Gasteiger partial charge in [0.25, 0.3) is 0 Å². The predicted molar refractivity (Wildman–Crippen MR) is 133 cm³/mol. The first-order chi connectivity index (χ1) is 15.8. The maximum atomic E-state index is 13.1. The van der Waals surface area contributed by atoms with Crippen LogP contribution in [0, 0.1) is 5.41 Å². The molecule has 2 aromatic rings. The first-order valence-electron chi connectivity index (χ1n) is 11.7. The zero-order valence-corrected chi connectivity index (χ0v) is 20.2. The maximum absolute atomic E-state index is 13.1. The van der Waals surface area contributed by atoms with E-state index in [1.807, 2.05) is 50.2 Å². The molecule has 3 rings (SSSR count). The summed E-state index contributed by atoms with van der Waals surface area (Å²) < 4.78 is 11.3. The molecule has 0 aromatic heterocycles. The molecule has 0 aliphatic heterocycles. The summed E-state index contributed by atoms with van der Waals surface area (Å²) in [5.74, 6) is 1.34. The number of hydrogen-bond donors (Lipinski definition) is 1. The number of benzene rings is 2. The van der Waals surface area contributed by atoms with E-state index in [0.717, 1.165) is 12.0 Å². The largest absolute Gasteiger partial charge is 0.511 e. The molecule has 1 fully saturated rings. The Morgan fingerprint density at radius 2 is 1.67 bits per heavy atom. The zero-order chi connectivity index (χ0) is 23.8. The highest BCUT2D eigenvalue weighted by Gasteiger charge is 2.36. The quantitative estimate of drug-likeness (QED) is 0.382. The van der Waals surface area contributed by atoms with Crippen molar-refractivity contribution in [3.05, 3.63) is 71.0 Å². The number of nitrogens with zero attached hydrogens (tertiary/aromatic N) is 1. The van der Waals surface area contributed by atoms with E-state index in [2.05, 4.69) is 26.0 Å². The predicted octanol–water partition coefficient (Wildman–Crippen LogP) is 5.91. The van der Waals surface area contributed by atoms with Crippen molar-refractivity contribution in [1.82, 2.24) is 0 Å². The van der Waals surface area contributed by atoms with Crippen molar-refractivity contribution < 1.29 is 19.4 Å². The molecule has 2 aromatic carbocycles. The second kappa shape index (κ2) is 11.2. The van der Waals surface area contributed by atoms with Gasteiger partial charge in [0.1, 0.15) is 5.76 Å². The molecule has 176 valence electrons. The smallest absolute Gasteiger partial charge is 0.168 e. The van der Waals surface area contributed by atoms with Crippen LogP contribution in [-0.2, 0) is 17.6 Å². The molecule has 5 heteroatoms. The van der Waals surface area contributed by atoms with E-state index in [0.29, 0.717) is 55.4 Å². The van der Waals surface area contributed by atoms with Gasteiger partial charge in [0, 0.05) is 25.1 Å². The maximum Gasteiger partial charge on any atom is 0.168 e. The van der Waals surface area contributed by atoms with E-state index >= 15 is 0 Å². The molecule has 1 saturated carbocycles. The van der Waals surface area contributed by atoms with Crippen LogP contribution < -0.4 is 9.47 Å². The fourth-order valence-electron chi connectivity index (χ4n) is 4.20. The molecular weight excluding hydrogens is 414 g/mol. The molecule has 0 amide bonds. The summed E-state index contributed by atoms with van der Waals surface area (Å²) in [6.07, 6.45) is 2.10. The van der Waals surface area contributed by atoms with Gasteiger partial charge in [-0.05, 0) is 55.4 Å². The van der Waals surface area contributed by atoms with Crippen LogP contribution in [0.1, 0.15) is 51.7 Å². The average Bonchev–Trinajstić information content (AvgIpc) is 2.75. The van der Waals surface area contributed by atoms with Gasteiger partial charge in [-0.1, -0.05) is 50.2 Å². The second-order valence-corrected chi connectivity index (χ2v) is 9.15. The van der Waals surface area contributed by atoms with Gasteiger partial charge in [-0.25, -0.2) is 0 Å². The number of aliphatic hydroxyl groups is 1. The summed E-state index contributed by atoms with van der Waals surface area (Å²) in [6, 6.07) is 15.8. The van der Waals surface area contributed by atoms with E-state index in [-0.39, 0.29) is 23.4 Å². The van der Waals surface area contributed by atoms with Gasteiger partial charge in [-0.3, -0.25) is 9.79 Å². The second-order valence-electron chi connectivity index (χ2n) is 9.15. The number of allylic oxidation sites excluding steroid dienone is 2. The minimum atomic E-state index is -0.173. The molecule has 33 heavy (non-hydrogen) atoms. The lowest BCUT2D eigenvalue weighted by Crippen LogP contribution is -2.33. The molecule has 0 radical (unpaired) electrons. The van der Waals surface area contributed by atoms with E-state index in [1.165, 1.54) is 5.56 Å². The normalized spacial score (nSPS) is 18.3. The third-order valence-corrected chi connectivity index (χ3v) is 5.67. The van der Waals surface area contributed by atoms with Crippen molar-refractivity contribution in [3.63, 3.8) is 0 Å².